The third-order valence-corrected chi connectivity index (χ3v) is 5.90. The molecule has 0 aliphatic rings. The quantitative estimate of drug-likeness (QED) is 0.454. The molecule has 0 saturated carbocycles. The molecule has 2 aromatic rings. The van der Waals surface area contributed by atoms with Gasteiger partial charge >= 0.3 is 5.97 Å². The van der Waals surface area contributed by atoms with Crippen LogP contribution in [0.2, 0.25) is 0 Å². The van der Waals surface area contributed by atoms with Crippen molar-refractivity contribution < 1.29 is 32.7 Å². The predicted octanol–water partition coefficient (Wildman–Crippen LogP) is 2.67. The summed E-state index contributed by atoms with van der Waals surface area (Å²) < 4.78 is 38.1. The van der Waals surface area contributed by atoms with Crippen LogP contribution in [-0.2, 0) is 14.8 Å². The molecule has 1 N–H and O–H groups in total. The number of nitrogens with zero attached hydrogens (tertiary/aromatic N) is 2. The van der Waals surface area contributed by atoms with Crippen molar-refractivity contribution in [2.45, 2.75) is 17.7 Å². The lowest BCUT2D eigenvalue weighted by Crippen LogP contribution is -2.33. The fourth-order valence-electron chi connectivity index (χ4n) is 2.68. The van der Waals surface area contributed by atoms with E-state index in [0.29, 0.717) is 5.75 Å². The predicted molar refractivity (Wildman–Crippen MR) is 104 cm³/mol. The Morgan fingerprint density at radius 2 is 1.86 bits per heavy atom. The van der Waals surface area contributed by atoms with Gasteiger partial charge in [-0.05, 0) is 24.6 Å². The first-order valence-corrected chi connectivity index (χ1v) is 9.86. The molecule has 0 radical (unpaired) electrons. The van der Waals surface area contributed by atoms with E-state index in [1.165, 1.54) is 38.5 Å². The van der Waals surface area contributed by atoms with Crippen molar-refractivity contribution in [2.75, 3.05) is 25.1 Å². The molecule has 0 aliphatic carbocycles. The molecule has 0 fully saturated rings. The maximum Gasteiger partial charge on any atom is 0.303 e. The van der Waals surface area contributed by atoms with Crippen molar-refractivity contribution in [3.05, 3.63) is 52.6 Å². The number of carbonyl (C=O) groups is 1. The van der Waals surface area contributed by atoms with Crippen molar-refractivity contribution in [3.8, 4) is 11.5 Å². The van der Waals surface area contributed by atoms with Crippen LogP contribution in [0.15, 0.2) is 47.4 Å². The van der Waals surface area contributed by atoms with E-state index in [4.69, 9.17) is 14.6 Å². The SMILES string of the molecule is COc1ccc(OC)c(N(CCCC(=O)O)S(=O)(=O)c2ccccc2[N+](=O)[O-])c1. The summed E-state index contributed by atoms with van der Waals surface area (Å²) in [5.74, 6) is -0.573. The molecule has 0 heterocycles. The number of rotatable bonds is 10. The summed E-state index contributed by atoms with van der Waals surface area (Å²) in [5, 5.41) is 20.3. The lowest BCUT2D eigenvalue weighted by atomic mass is 10.2. The number of para-hydroxylation sites is 1. The lowest BCUT2D eigenvalue weighted by Gasteiger charge is -2.26. The molecule has 0 atom stereocenters. The highest BCUT2D eigenvalue weighted by Gasteiger charge is 2.33. The van der Waals surface area contributed by atoms with E-state index in [9.17, 15) is 23.3 Å². The Morgan fingerprint density at radius 1 is 1.17 bits per heavy atom. The summed E-state index contributed by atoms with van der Waals surface area (Å²) in [7, 11) is -1.68. The number of hydrogen-bond donors (Lipinski definition) is 1. The molecule has 0 spiro atoms. The second kappa shape index (κ2) is 9.24. The molecule has 10 nitrogen and oxygen atoms in total. The Balaban J connectivity index is 2.65. The van der Waals surface area contributed by atoms with Crippen molar-refractivity contribution >= 4 is 27.4 Å². The van der Waals surface area contributed by atoms with Gasteiger partial charge in [0, 0.05) is 25.1 Å². The molecule has 2 aromatic carbocycles. The molecule has 29 heavy (non-hydrogen) atoms. The molecule has 0 saturated heterocycles. The molecule has 0 aliphatic heterocycles. The molecule has 0 bridgehead atoms. The molecule has 156 valence electrons. The summed E-state index contributed by atoms with van der Waals surface area (Å²) in [6, 6.07) is 9.42. The van der Waals surface area contributed by atoms with Gasteiger partial charge in [-0.2, -0.15) is 0 Å². The first kappa shape index (κ1) is 22.0. The molecule has 11 heteroatoms. The van der Waals surface area contributed by atoms with E-state index < -0.39 is 31.5 Å². The van der Waals surface area contributed by atoms with Gasteiger partial charge in [0.05, 0.1) is 24.8 Å². The van der Waals surface area contributed by atoms with Crippen LogP contribution in [0.4, 0.5) is 11.4 Å². The number of ether oxygens (including phenoxy) is 2. The number of carboxylic acids is 1. The van der Waals surface area contributed by atoms with Gasteiger partial charge in [0.2, 0.25) is 0 Å². The van der Waals surface area contributed by atoms with Crippen molar-refractivity contribution in [3.63, 3.8) is 0 Å². The van der Waals surface area contributed by atoms with Crippen LogP contribution in [0.5, 0.6) is 11.5 Å². The van der Waals surface area contributed by atoms with Gasteiger partial charge in [0.15, 0.2) is 4.90 Å². The highest BCUT2D eigenvalue weighted by atomic mass is 32.2. The fraction of sp³-hybridized carbons (Fsp3) is 0.278. The molecule has 2 rings (SSSR count). The summed E-state index contributed by atoms with van der Waals surface area (Å²) in [6.07, 6.45) is -0.301. The smallest absolute Gasteiger partial charge is 0.303 e. The number of aliphatic carboxylic acids is 1. The van der Waals surface area contributed by atoms with E-state index in [-0.39, 0.29) is 30.8 Å². The highest BCUT2D eigenvalue weighted by molar-refractivity contribution is 7.93. The first-order valence-electron chi connectivity index (χ1n) is 8.42. The minimum Gasteiger partial charge on any atom is -0.497 e. The number of anilines is 1. The maximum absolute atomic E-state index is 13.4. The van der Waals surface area contributed by atoms with Gasteiger partial charge < -0.3 is 14.6 Å². The number of hydrogen-bond acceptors (Lipinski definition) is 7. The zero-order valence-electron chi connectivity index (χ0n) is 15.8. The van der Waals surface area contributed by atoms with Gasteiger partial charge in [-0.3, -0.25) is 19.2 Å². The minimum absolute atomic E-state index is 0.0183. The standard InChI is InChI=1S/C18H20N2O8S/c1-27-13-9-10-16(28-2)15(12-13)19(11-5-8-18(21)22)29(25,26)17-7-4-3-6-14(17)20(23)24/h3-4,6-7,9-10,12H,5,8,11H2,1-2H3,(H,21,22). The second-order valence-corrected chi connectivity index (χ2v) is 7.67. The number of nitro benzene ring substituents is 1. The Bertz CT molecular complexity index is 1010. The molecule has 0 unspecified atom stereocenters. The number of nitro groups is 1. The average molecular weight is 424 g/mol. The van der Waals surface area contributed by atoms with Crippen LogP contribution in [-0.4, -0.2) is 45.2 Å². The summed E-state index contributed by atoms with van der Waals surface area (Å²) in [6.45, 7) is -0.232. The Labute approximate surface area is 167 Å². The van der Waals surface area contributed by atoms with E-state index in [1.807, 2.05) is 0 Å². The van der Waals surface area contributed by atoms with Gasteiger partial charge in [-0.25, -0.2) is 8.42 Å². The average Bonchev–Trinajstić information content (AvgIpc) is 2.70. The van der Waals surface area contributed by atoms with E-state index in [0.717, 1.165) is 16.4 Å². The van der Waals surface area contributed by atoms with Crippen LogP contribution in [0.25, 0.3) is 0 Å². The van der Waals surface area contributed by atoms with E-state index in [2.05, 4.69) is 0 Å². The van der Waals surface area contributed by atoms with Crippen molar-refractivity contribution in [1.82, 2.24) is 0 Å². The highest BCUT2D eigenvalue weighted by Crippen LogP contribution is 2.37. The van der Waals surface area contributed by atoms with Crippen LogP contribution >= 0.6 is 0 Å². The number of carboxylic acid groups (broad SMARTS) is 1. The van der Waals surface area contributed by atoms with Gasteiger partial charge in [-0.1, -0.05) is 12.1 Å². The summed E-state index contributed by atoms with van der Waals surface area (Å²) >= 11 is 0. The topological polar surface area (TPSA) is 136 Å². The van der Waals surface area contributed by atoms with E-state index in [1.54, 1.807) is 6.07 Å². The number of methoxy groups -OCH3 is 2. The van der Waals surface area contributed by atoms with Gasteiger partial charge in [0.25, 0.3) is 15.7 Å². The number of sulfonamides is 1. The van der Waals surface area contributed by atoms with Crippen LogP contribution in [0.3, 0.4) is 0 Å². The number of benzene rings is 2. The molecular weight excluding hydrogens is 404 g/mol. The minimum atomic E-state index is -4.42. The third-order valence-electron chi connectivity index (χ3n) is 4.04. The Kier molecular flexibility index (Phi) is 6.99. The summed E-state index contributed by atoms with van der Waals surface area (Å²) in [5.41, 5.74) is -0.506. The molecule has 0 amide bonds. The van der Waals surface area contributed by atoms with Crippen molar-refractivity contribution in [2.24, 2.45) is 0 Å². The van der Waals surface area contributed by atoms with Crippen LogP contribution < -0.4 is 13.8 Å². The Morgan fingerprint density at radius 3 is 2.45 bits per heavy atom. The van der Waals surface area contributed by atoms with E-state index >= 15 is 0 Å². The molecule has 0 aromatic heterocycles. The second-order valence-electron chi connectivity index (χ2n) is 5.84. The first-order chi connectivity index (χ1) is 13.7. The molecular formula is C18H20N2O8S. The van der Waals surface area contributed by atoms with Crippen LogP contribution in [0.1, 0.15) is 12.8 Å². The van der Waals surface area contributed by atoms with Crippen molar-refractivity contribution in [1.29, 1.82) is 0 Å². The van der Waals surface area contributed by atoms with Crippen LogP contribution in [0, 0.1) is 10.1 Å². The zero-order chi connectivity index (χ0) is 21.6. The van der Waals surface area contributed by atoms with Gasteiger partial charge in [-0.15, -0.1) is 0 Å². The fourth-order valence-corrected chi connectivity index (χ4v) is 4.35. The van der Waals surface area contributed by atoms with Gasteiger partial charge in [0.1, 0.15) is 11.5 Å². The lowest BCUT2D eigenvalue weighted by molar-refractivity contribution is -0.387. The normalized spacial score (nSPS) is 11.0. The third kappa shape index (κ3) is 4.93. The zero-order valence-corrected chi connectivity index (χ0v) is 16.6. The maximum atomic E-state index is 13.4. The monoisotopic (exact) mass is 424 g/mol. The largest absolute Gasteiger partial charge is 0.497 e. The summed E-state index contributed by atoms with van der Waals surface area (Å²) in [4.78, 5) is 21.0. The Hall–Kier alpha value is -3.34.